The molecule has 4 N–H and O–H groups in total. The zero-order chi connectivity index (χ0) is 15.6. The molecule has 7 heteroatoms. The van der Waals surface area contributed by atoms with E-state index in [1.54, 1.807) is 13.8 Å². The molecule has 1 rings (SSSR count). The molecule has 0 aliphatic carbocycles. The summed E-state index contributed by atoms with van der Waals surface area (Å²) in [5, 5.41) is 9.44. The van der Waals surface area contributed by atoms with Gasteiger partial charge in [-0.1, -0.05) is 13.8 Å². The first-order chi connectivity index (χ1) is 9.21. The summed E-state index contributed by atoms with van der Waals surface area (Å²) in [6.45, 7) is 4.59. The smallest absolute Gasteiger partial charge is 0.241 e. The van der Waals surface area contributed by atoms with E-state index in [9.17, 15) is 17.9 Å². The third kappa shape index (κ3) is 3.28. The van der Waals surface area contributed by atoms with Crippen LogP contribution in [-0.4, -0.2) is 25.7 Å². The van der Waals surface area contributed by atoms with E-state index in [0.29, 0.717) is 12.8 Å². The predicted molar refractivity (Wildman–Crippen MR) is 76.3 cm³/mol. The fourth-order valence-corrected chi connectivity index (χ4v) is 3.77. The summed E-state index contributed by atoms with van der Waals surface area (Å²) in [5.74, 6) is -0.673. The van der Waals surface area contributed by atoms with Crippen molar-refractivity contribution in [1.82, 2.24) is 4.72 Å². The van der Waals surface area contributed by atoms with Crippen molar-refractivity contribution in [2.45, 2.75) is 44.0 Å². The molecule has 20 heavy (non-hydrogen) atoms. The lowest BCUT2D eigenvalue weighted by atomic mass is 9.96. The minimum Gasteiger partial charge on any atom is -0.399 e. The molecule has 0 spiro atoms. The van der Waals surface area contributed by atoms with Gasteiger partial charge < -0.3 is 10.8 Å². The summed E-state index contributed by atoms with van der Waals surface area (Å²) in [5.41, 5.74) is 4.60. The summed E-state index contributed by atoms with van der Waals surface area (Å²) >= 11 is 0. The third-order valence-electron chi connectivity index (χ3n) is 3.62. The quantitative estimate of drug-likeness (QED) is 0.695. The van der Waals surface area contributed by atoms with E-state index >= 15 is 0 Å². The number of hydrogen-bond donors (Lipinski definition) is 3. The summed E-state index contributed by atoms with van der Waals surface area (Å²) in [6.07, 6.45) is 0.839. The molecule has 0 bridgehead atoms. The van der Waals surface area contributed by atoms with E-state index in [1.165, 1.54) is 13.0 Å². The Balaban J connectivity index is 3.31. The first-order valence-corrected chi connectivity index (χ1v) is 7.90. The average Bonchev–Trinajstić information content (AvgIpc) is 2.40. The number of anilines is 1. The van der Waals surface area contributed by atoms with Crippen molar-refractivity contribution >= 4 is 15.7 Å². The van der Waals surface area contributed by atoms with E-state index in [1.807, 2.05) is 0 Å². The van der Waals surface area contributed by atoms with Gasteiger partial charge in [0, 0.05) is 11.3 Å². The topological polar surface area (TPSA) is 92.4 Å². The summed E-state index contributed by atoms with van der Waals surface area (Å²) < 4.78 is 40.9. The Morgan fingerprint density at radius 2 is 1.90 bits per heavy atom. The molecule has 0 heterocycles. The van der Waals surface area contributed by atoms with Crippen LogP contribution in [0.1, 0.15) is 32.3 Å². The number of hydrogen-bond acceptors (Lipinski definition) is 4. The van der Waals surface area contributed by atoms with E-state index in [4.69, 9.17) is 5.73 Å². The molecular weight excluding hydrogens is 283 g/mol. The van der Waals surface area contributed by atoms with Crippen molar-refractivity contribution in [3.05, 3.63) is 23.5 Å². The van der Waals surface area contributed by atoms with Crippen LogP contribution >= 0.6 is 0 Å². The van der Waals surface area contributed by atoms with Crippen molar-refractivity contribution in [2.24, 2.45) is 0 Å². The van der Waals surface area contributed by atoms with Gasteiger partial charge in [-0.15, -0.1) is 0 Å². The molecule has 0 aliphatic heterocycles. The monoisotopic (exact) mass is 304 g/mol. The molecule has 0 amide bonds. The highest BCUT2D eigenvalue weighted by Crippen LogP contribution is 2.25. The van der Waals surface area contributed by atoms with Crippen LogP contribution in [0.2, 0.25) is 0 Å². The van der Waals surface area contributed by atoms with Crippen LogP contribution < -0.4 is 10.5 Å². The van der Waals surface area contributed by atoms with Crippen LogP contribution in [0.15, 0.2) is 17.0 Å². The second-order valence-electron chi connectivity index (χ2n) is 4.88. The summed E-state index contributed by atoms with van der Waals surface area (Å²) in [4.78, 5) is -0.199. The van der Waals surface area contributed by atoms with Gasteiger partial charge in [-0.05, 0) is 31.9 Å². The maximum Gasteiger partial charge on any atom is 0.241 e. The van der Waals surface area contributed by atoms with Crippen molar-refractivity contribution in [3.8, 4) is 0 Å². The van der Waals surface area contributed by atoms with Crippen LogP contribution in [0, 0.1) is 12.7 Å². The van der Waals surface area contributed by atoms with Gasteiger partial charge in [0.2, 0.25) is 10.0 Å². The van der Waals surface area contributed by atoms with Crippen LogP contribution in [0.25, 0.3) is 0 Å². The van der Waals surface area contributed by atoms with Crippen LogP contribution in [0.3, 0.4) is 0 Å². The summed E-state index contributed by atoms with van der Waals surface area (Å²) in [6, 6.07) is 2.29. The highest BCUT2D eigenvalue weighted by Gasteiger charge is 2.32. The number of nitrogen functional groups attached to an aromatic ring is 1. The Morgan fingerprint density at radius 3 is 2.35 bits per heavy atom. The maximum absolute atomic E-state index is 13.6. The first-order valence-electron chi connectivity index (χ1n) is 6.42. The molecule has 114 valence electrons. The van der Waals surface area contributed by atoms with Gasteiger partial charge in [0.15, 0.2) is 0 Å². The van der Waals surface area contributed by atoms with Crippen molar-refractivity contribution in [1.29, 1.82) is 0 Å². The zero-order valence-electron chi connectivity index (χ0n) is 11.9. The van der Waals surface area contributed by atoms with Gasteiger partial charge in [-0.25, -0.2) is 17.5 Å². The first kappa shape index (κ1) is 16.9. The Kier molecular flexibility index (Phi) is 5.12. The number of nitrogens with two attached hydrogens (primary N) is 1. The fourth-order valence-electron chi connectivity index (χ4n) is 1.94. The number of sulfonamides is 1. The zero-order valence-corrected chi connectivity index (χ0v) is 12.7. The number of aliphatic hydroxyl groups is 1. The second kappa shape index (κ2) is 6.07. The molecule has 0 saturated carbocycles. The minimum atomic E-state index is -3.96. The fraction of sp³-hybridized carbons (Fsp3) is 0.538. The third-order valence-corrected chi connectivity index (χ3v) is 5.32. The Bertz CT molecular complexity index is 575. The van der Waals surface area contributed by atoms with E-state index in [-0.39, 0.29) is 22.8 Å². The molecule has 0 unspecified atom stereocenters. The molecule has 0 aliphatic rings. The van der Waals surface area contributed by atoms with Gasteiger partial charge in [-0.3, -0.25) is 0 Å². The lowest BCUT2D eigenvalue weighted by Crippen LogP contribution is -2.50. The van der Waals surface area contributed by atoms with E-state index in [0.717, 1.165) is 6.07 Å². The molecule has 1 aromatic carbocycles. The number of rotatable bonds is 6. The van der Waals surface area contributed by atoms with Gasteiger partial charge in [-0.2, -0.15) is 0 Å². The average molecular weight is 304 g/mol. The molecule has 0 fully saturated rings. The molecule has 5 nitrogen and oxygen atoms in total. The highest BCUT2D eigenvalue weighted by molar-refractivity contribution is 7.89. The normalized spacial score (nSPS) is 12.7. The van der Waals surface area contributed by atoms with Crippen LogP contribution in [0.4, 0.5) is 10.1 Å². The van der Waals surface area contributed by atoms with Crippen LogP contribution in [-0.2, 0) is 10.0 Å². The minimum absolute atomic E-state index is 0.00532. The number of halogens is 1. The second-order valence-corrected chi connectivity index (χ2v) is 6.53. The lowest BCUT2D eigenvalue weighted by Gasteiger charge is -2.30. The molecule has 1 aromatic rings. The van der Waals surface area contributed by atoms with Crippen molar-refractivity contribution < 1.29 is 17.9 Å². The van der Waals surface area contributed by atoms with Gasteiger partial charge >= 0.3 is 0 Å². The molecule has 0 aromatic heterocycles. The molecule has 0 atom stereocenters. The highest BCUT2D eigenvalue weighted by atomic mass is 32.2. The van der Waals surface area contributed by atoms with Gasteiger partial charge in [0.05, 0.1) is 17.0 Å². The predicted octanol–water partition coefficient (Wildman–Crippen LogP) is 1.55. The molecule has 0 saturated heterocycles. The Morgan fingerprint density at radius 1 is 1.35 bits per heavy atom. The Labute approximate surface area is 119 Å². The molecular formula is C13H21FN2O3S. The van der Waals surface area contributed by atoms with Gasteiger partial charge in [0.25, 0.3) is 0 Å². The largest absolute Gasteiger partial charge is 0.399 e. The van der Waals surface area contributed by atoms with Gasteiger partial charge in [0.1, 0.15) is 5.82 Å². The standard InChI is InChI=1S/C13H21FN2O3S/c1-4-13(5-2,8-17)16-20(18,19)12-7-10(15)6-11(14)9(12)3/h6-7,16-17H,4-5,8,15H2,1-3H3. The van der Waals surface area contributed by atoms with E-state index < -0.39 is 21.4 Å². The number of aliphatic hydroxyl groups excluding tert-OH is 1. The van der Waals surface area contributed by atoms with E-state index in [2.05, 4.69) is 4.72 Å². The van der Waals surface area contributed by atoms with Crippen molar-refractivity contribution in [3.63, 3.8) is 0 Å². The number of benzene rings is 1. The maximum atomic E-state index is 13.6. The molecule has 0 radical (unpaired) electrons. The van der Waals surface area contributed by atoms with Crippen molar-refractivity contribution in [2.75, 3.05) is 12.3 Å². The number of nitrogens with one attached hydrogen (secondary N) is 1. The Hall–Kier alpha value is -1.18. The van der Waals surface area contributed by atoms with Crippen LogP contribution in [0.5, 0.6) is 0 Å². The SMILES string of the molecule is CCC(CC)(CO)NS(=O)(=O)c1cc(N)cc(F)c1C. The summed E-state index contributed by atoms with van der Waals surface area (Å²) in [7, 11) is -3.96. The lowest BCUT2D eigenvalue weighted by molar-refractivity contribution is 0.172.